The Kier molecular flexibility index (Phi) is 8.80. The molecule has 1 fully saturated rings. The molecule has 1 N–H and O–H groups in total. The summed E-state index contributed by atoms with van der Waals surface area (Å²) in [5.74, 6) is -2.17. The maximum absolute atomic E-state index is 11.8. The van der Waals surface area contributed by atoms with E-state index in [4.69, 9.17) is 18.9 Å². The van der Waals surface area contributed by atoms with Crippen molar-refractivity contribution in [3.63, 3.8) is 0 Å². The first-order chi connectivity index (χ1) is 12.5. The van der Waals surface area contributed by atoms with E-state index >= 15 is 0 Å². The van der Waals surface area contributed by atoms with Crippen LogP contribution in [-0.4, -0.2) is 85.9 Å². The Bertz CT molecular complexity index is 535. The number of ether oxygens (including phenoxy) is 4. The summed E-state index contributed by atoms with van der Waals surface area (Å²) in [6, 6.07) is 0. The number of carbonyl (C=O) groups is 3. The van der Waals surface area contributed by atoms with E-state index in [0.29, 0.717) is 13.2 Å². The minimum absolute atomic E-state index is 0.0148. The number of quaternary nitrogens is 1. The molecule has 9 nitrogen and oxygen atoms in total. The molecule has 0 aromatic heterocycles. The van der Waals surface area contributed by atoms with Crippen LogP contribution in [0.4, 0.5) is 0 Å². The Balaban J connectivity index is 3.02. The third-order valence-electron chi connectivity index (χ3n) is 4.61. The lowest BCUT2D eigenvalue weighted by molar-refractivity contribution is -0.889. The van der Waals surface area contributed by atoms with Gasteiger partial charge in [-0.05, 0) is 13.8 Å². The first kappa shape index (κ1) is 23.5. The van der Waals surface area contributed by atoms with Gasteiger partial charge < -0.3 is 33.3 Å². The van der Waals surface area contributed by atoms with Crippen molar-refractivity contribution < 1.29 is 42.9 Å². The Hall–Kier alpha value is -1.55. The standard InChI is InChI=1S/C18H32NO8/c1-7-19(5,6)8-9-24-18-14(10-11(2)20)15(25-12(3)21)16(17(23)27-18)26-13(4)22/h14-18,23H,7-10H2,1-6H3/q+1/t14-,15-,16-,17+,18?/m1/s1. The molecule has 27 heavy (non-hydrogen) atoms. The lowest BCUT2D eigenvalue weighted by atomic mass is 9.89. The van der Waals surface area contributed by atoms with Crippen molar-refractivity contribution in [3.05, 3.63) is 0 Å². The number of aliphatic hydroxyl groups is 1. The number of esters is 2. The van der Waals surface area contributed by atoms with Crippen molar-refractivity contribution in [1.29, 1.82) is 0 Å². The van der Waals surface area contributed by atoms with Gasteiger partial charge in [-0.3, -0.25) is 9.59 Å². The molecule has 0 saturated carbocycles. The maximum atomic E-state index is 11.8. The highest BCUT2D eigenvalue weighted by atomic mass is 16.7. The predicted molar refractivity (Wildman–Crippen MR) is 94.2 cm³/mol. The molecule has 0 aliphatic carbocycles. The van der Waals surface area contributed by atoms with Crippen molar-refractivity contribution in [2.24, 2.45) is 5.92 Å². The van der Waals surface area contributed by atoms with Gasteiger partial charge in [-0.1, -0.05) is 0 Å². The minimum Gasteiger partial charge on any atom is -0.458 e. The van der Waals surface area contributed by atoms with E-state index in [1.54, 1.807) is 0 Å². The van der Waals surface area contributed by atoms with Crippen LogP contribution in [0.3, 0.4) is 0 Å². The zero-order valence-corrected chi connectivity index (χ0v) is 17.0. The van der Waals surface area contributed by atoms with E-state index in [1.165, 1.54) is 20.8 Å². The highest BCUT2D eigenvalue weighted by Crippen LogP contribution is 2.33. The molecule has 1 saturated heterocycles. The average molecular weight is 390 g/mol. The summed E-state index contributed by atoms with van der Waals surface area (Å²) < 4.78 is 22.4. The van der Waals surface area contributed by atoms with E-state index < -0.39 is 42.6 Å². The summed E-state index contributed by atoms with van der Waals surface area (Å²) in [6.07, 6.45) is -4.83. The van der Waals surface area contributed by atoms with Crippen LogP contribution in [0.15, 0.2) is 0 Å². The molecule has 1 aliphatic rings. The number of Topliss-reactive ketones (excluding diaryl/α,β-unsaturated/α-hetero) is 1. The van der Waals surface area contributed by atoms with Gasteiger partial charge in [-0.15, -0.1) is 0 Å². The largest absolute Gasteiger partial charge is 0.458 e. The monoisotopic (exact) mass is 390 g/mol. The summed E-state index contributed by atoms with van der Waals surface area (Å²) in [5.41, 5.74) is 0. The Morgan fingerprint density at radius 2 is 1.59 bits per heavy atom. The zero-order valence-electron chi connectivity index (χ0n) is 17.0. The van der Waals surface area contributed by atoms with Crippen LogP contribution in [0.2, 0.25) is 0 Å². The summed E-state index contributed by atoms with van der Waals surface area (Å²) in [5, 5.41) is 10.3. The van der Waals surface area contributed by atoms with Crippen LogP contribution in [-0.2, 0) is 33.3 Å². The maximum Gasteiger partial charge on any atom is 0.303 e. The molecule has 0 amide bonds. The molecule has 1 aliphatic heterocycles. The second kappa shape index (κ2) is 10.1. The molecule has 1 unspecified atom stereocenters. The summed E-state index contributed by atoms with van der Waals surface area (Å²) in [4.78, 5) is 34.7. The van der Waals surface area contributed by atoms with E-state index in [0.717, 1.165) is 11.0 Å². The van der Waals surface area contributed by atoms with Gasteiger partial charge in [0, 0.05) is 20.3 Å². The van der Waals surface area contributed by atoms with Crippen LogP contribution in [0, 0.1) is 5.92 Å². The number of carbonyl (C=O) groups excluding carboxylic acids is 3. The summed E-state index contributed by atoms with van der Waals surface area (Å²) in [7, 11) is 4.09. The highest BCUT2D eigenvalue weighted by Gasteiger charge is 2.50. The summed E-state index contributed by atoms with van der Waals surface area (Å²) in [6.45, 7) is 7.73. The molecular formula is C18H32NO8+. The van der Waals surface area contributed by atoms with Gasteiger partial charge >= 0.3 is 11.9 Å². The number of nitrogens with zero attached hydrogens (tertiary/aromatic N) is 1. The van der Waals surface area contributed by atoms with Gasteiger partial charge in [0.1, 0.15) is 12.3 Å². The average Bonchev–Trinajstić information content (AvgIpc) is 2.53. The molecule has 0 radical (unpaired) electrons. The second-order valence-corrected chi connectivity index (χ2v) is 7.46. The number of likely N-dealkylation sites (N-methyl/N-ethyl adjacent to an activating group) is 1. The molecule has 0 spiro atoms. The van der Waals surface area contributed by atoms with Crippen LogP contribution in [0.25, 0.3) is 0 Å². The normalized spacial score (nSPS) is 28.5. The van der Waals surface area contributed by atoms with Gasteiger partial charge in [0.15, 0.2) is 24.8 Å². The Morgan fingerprint density at radius 1 is 1.04 bits per heavy atom. The van der Waals surface area contributed by atoms with Crippen molar-refractivity contribution in [2.75, 3.05) is 33.8 Å². The smallest absolute Gasteiger partial charge is 0.303 e. The fourth-order valence-electron chi connectivity index (χ4n) is 2.82. The first-order valence-electron chi connectivity index (χ1n) is 9.08. The Labute approximate surface area is 160 Å². The van der Waals surface area contributed by atoms with Crippen LogP contribution >= 0.6 is 0 Å². The number of hydrogen-bond donors (Lipinski definition) is 1. The number of aliphatic hydroxyl groups excluding tert-OH is 1. The third-order valence-corrected chi connectivity index (χ3v) is 4.61. The molecule has 0 aromatic carbocycles. The Morgan fingerprint density at radius 3 is 2.07 bits per heavy atom. The van der Waals surface area contributed by atoms with E-state index in [1.807, 2.05) is 14.1 Å². The number of hydrogen-bond acceptors (Lipinski definition) is 8. The molecule has 0 bridgehead atoms. The van der Waals surface area contributed by atoms with Gasteiger partial charge in [-0.25, -0.2) is 0 Å². The highest BCUT2D eigenvalue weighted by molar-refractivity contribution is 5.76. The molecule has 1 rings (SSSR count). The third kappa shape index (κ3) is 7.53. The van der Waals surface area contributed by atoms with Gasteiger partial charge in [0.2, 0.25) is 0 Å². The van der Waals surface area contributed by atoms with Crippen molar-refractivity contribution in [1.82, 2.24) is 0 Å². The molecule has 0 aromatic rings. The van der Waals surface area contributed by atoms with Gasteiger partial charge in [0.25, 0.3) is 0 Å². The van der Waals surface area contributed by atoms with Crippen LogP contribution in [0.1, 0.15) is 34.1 Å². The van der Waals surface area contributed by atoms with E-state index in [2.05, 4.69) is 6.92 Å². The van der Waals surface area contributed by atoms with Crippen molar-refractivity contribution in [3.8, 4) is 0 Å². The van der Waals surface area contributed by atoms with Gasteiger partial charge in [0.05, 0.1) is 33.2 Å². The van der Waals surface area contributed by atoms with Crippen molar-refractivity contribution >= 4 is 17.7 Å². The molecular weight excluding hydrogens is 358 g/mol. The van der Waals surface area contributed by atoms with E-state index in [-0.39, 0.29) is 12.2 Å². The molecule has 1 heterocycles. The van der Waals surface area contributed by atoms with Crippen molar-refractivity contribution in [2.45, 2.75) is 58.9 Å². The van der Waals surface area contributed by atoms with E-state index in [9.17, 15) is 19.5 Å². The number of rotatable bonds is 9. The van der Waals surface area contributed by atoms with Gasteiger partial charge in [-0.2, -0.15) is 0 Å². The quantitative estimate of drug-likeness (QED) is 0.440. The SMILES string of the molecule is CC[N+](C)(C)CCOC1O[C@H](O)[C@H](OC(C)=O)[C@H](OC(C)=O)[C@H]1CC(C)=O. The van der Waals surface area contributed by atoms with Crippen LogP contribution in [0.5, 0.6) is 0 Å². The first-order valence-corrected chi connectivity index (χ1v) is 9.08. The fraction of sp³-hybridized carbons (Fsp3) is 0.833. The molecule has 5 atom stereocenters. The van der Waals surface area contributed by atoms with Crippen LogP contribution < -0.4 is 0 Å². The zero-order chi connectivity index (χ0) is 20.8. The summed E-state index contributed by atoms with van der Waals surface area (Å²) >= 11 is 0. The minimum atomic E-state index is -1.54. The fourth-order valence-corrected chi connectivity index (χ4v) is 2.82. The predicted octanol–water partition coefficient (Wildman–Crippen LogP) is 0.233. The second-order valence-electron chi connectivity index (χ2n) is 7.46. The topological polar surface area (TPSA) is 108 Å². The molecule has 9 heteroatoms. The molecule has 156 valence electrons. The lowest BCUT2D eigenvalue weighted by Crippen LogP contribution is -2.58. The lowest BCUT2D eigenvalue weighted by Gasteiger charge is -2.43. The number of ketones is 1.